The number of thiophene rings is 1. The predicted octanol–water partition coefficient (Wildman–Crippen LogP) is 4.60. The van der Waals surface area contributed by atoms with E-state index in [4.69, 9.17) is 16.3 Å². The third kappa shape index (κ3) is 5.47. The largest absolute Gasteiger partial charge is 0.469 e. The standard InChI is InChI=1S/C17H15BrClNO3S/c1-23-17(22)10-14(12-4-2-3-5-13(12)19)20-16(21)9-7-11-6-8-15(18)24-11/h2-9,14H,10H2,1H3,(H,20,21)/b9-7+. The lowest BCUT2D eigenvalue weighted by Gasteiger charge is -2.18. The molecule has 126 valence electrons. The summed E-state index contributed by atoms with van der Waals surface area (Å²) in [4.78, 5) is 24.8. The number of nitrogens with one attached hydrogen (secondary N) is 1. The van der Waals surface area contributed by atoms with Crippen LogP contribution in [0.1, 0.15) is 22.9 Å². The maximum absolute atomic E-state index is 12.2. The quantitative estimate of drug-likeness (QED) is 0.540. The maximum Gasteiger partial charge on any atom is 0.307 e. The molecule has 2 rings (SSSR count). The molecule has 0 fully saturated rings. The third-order valence-corrected chi connectivity index (χ3v) is 5.12. The first kappa shape index (κ1) is 18.7. The van der Waals surface area contributed by atoms with E-state index in [0.29, 0.717) is 10.6 Å². The van der Waals surface area contributed by atoms with Crippen LogP contribution in [0.15, 0.2) is 46.3 Å². The van der Waals surface area contributed by atoms with Crippen LogP contribution in [0.25, 0.3) is 6.08 Å². The van der Waals surface area contributed by atoms with E-state index in [9.17, 15) is 9.59 Å². The van der Waals surface area contributed by atoms with Crippen LogP contribution >= 0.6 is 38.9 Å². The zero-order chi connectivity index (χ0) is 17.5. The summed E-state index contributed by atoms with van der Waals surface area (Å²) in [5.41, 5.74) is 0.671. The molecule has 1 aromatic carbocycles. The van der Waals surface area contributed by atoms with E-state index in [0.717, 1.165) is 8.66 Å². The number of halogens is 2. The van der Waals surface area contributed by atoms with Crippen molar-refractivity contribution in [2.75, 3.05) is 7.11 Å². The summed E-state index contributed by atoms with van der Waals surface area (Å²) in [5, 5.41) is 3.28. The van der Waals surface area contributed by atoms with Crippen molar-refractivity contribution >= 4 is 56.8 Å². The first-order chi connectivity index (χ1) is 11.5. The molecule has 0 bridgehead atoms. The molecule has 1 amide bonds. The van der Waals surface area contributed by atoms with E-state index >= 15 is 0 Å². The Balaban J connectivity index is 2.12. The minimum Gasteiger partial charge on any atom is -0.469 e. The summed E-state index contributed by atoms with van der Waals surface area (Å²) in [6.07, 6.45) is 3.15. The Morgan fingerprint density at radius 1 is 1.33 bits per heavy atom. The minimum atomic E-state index is -0.557. The van der Waals surface area contributed by atoms with Crippen molar-refractivity contribution in [2.45, 2.75) is 12.5 Å². The van der Waals surface area contributed by atoms with Crippen molar-refractivity contribution in [2.24, 2.45) is 0 Å². The average Bonchev–Trinajstić information content (AvgIpc) is 2.98. The summed E-state index contributed by atoms with van der Waals surface area (Å²) in [5.74, 6) is -0.736. The van der Waals surface area contributed by atoms with Crippen LogP contribution in [0.4, 0.5) is 0 Å². The maximum atomic E-state index is 12.2. The van der Waals surface area contributed by atoms with Crippen LogP contribution in [-0.4, -0.2) is 19.0 Å². The molecule has 4 nitrogen and oxygen atoms in total. The molecule has 7 heteroatoms. The number of hydrogen-bond acceptors (Lipinski definition) is 4. The summed E-state index contributed by atoms with van der Waals surface area (Å²) in [6, 6.07) is 10.3. The molecule has 1 N–H and O–H groups in total. The number of methoxy groups -OCH3 is 1. The SMILES string of the molecule is COC(=O)CC(NC(=O)/C=C/c1ccc(Br)s1)c1ccccc1Cl. The van der Waals surface area contributed by atoms with E-state index in [1.807, 2.05) is 12.1 Å². The van der Waals surface area contributed by atoms with E-state index in [-0.39, 0.29) is 12.3 Å². The van der Waals surface area contributed by atoms with Gasteiger partial charge in [-0.2, -0.15) is 0 Å². The molecule has 0 saturated carbocycles. The van der Waals surface area contributed by atoms with Crippen LogP contribution < -0.4 is 5.32 Å². The number of carbonyl (C=O) groups excluding carboxylic acids is 2. The lowest BCUT2D eigenvalue weighted by atomic mass is 10.0. The highest BCUT2D eigenvalue weighted by Gasteiger charge is 2.20. The highest BCUT2D eigenvalue weighted by atomic mass is 79.9. The van der Waals surface area contributed by atoms with Crippen molar-refractivity contribution in [3.63, 3.8) is 0 Å². The molecule has 1 heterocycles. The van der Waals surface area contributed by atoms with Gasteiger partial charge in [0, 0.05) is 16.0 Å². The number of benzene rings is 1. The van der Waals surface area contributed by atoms with Crippen molar-refractivity contribution in [1.29, 1.82) is 0 Å². The first-order valence-corrected chi connectivity index (χ1v) is 9.03. The molecule has 2 aromatic rings. The van der Waals surface area contributed by atoms with E-state index < -0.39 is 12.0 Å². The van der Waals surface area contributed by atoms with Gasteiger partial charge in [0.05, 0.1) is 23.4 Å². The molecule has 0 spiro atoms. The van der Waals surface area contributed by atoms with Crippen LogP contribution in [0.5, 0.6) is 0 Å². The summed E-state index contributed by atoms with van der Waals surface area (Å²) in [7, 11) is 1.31. The summed E-state index contributed by atoms with van der Waals surface area (Å²) >= 11 is 11.1. The second-order valence-electron chi connectivity index (χ2n) is 4.84. The first-order valence-electron chi connectivity index (χ1n) is 7.04. The molecule has 0 aliphatic rings. The molecule has 0 aliphatic carbocycles. The normalized spacial score (nSPS) is 12.1. The molecule has 1 aromatic heterocycles. The summed E-state index contributed by atoms with van der Waals surface area (Å²) < 4.78 is 5.69. The van der Waals surface area contributed by atoms with Crippen LogP contribution in [-0.2, 0) is 14.3 Å². The number of hydrogen-bond donors (Lipinski definition) is 1. The Morgan fingerprint density at radius 3 is 2.71 bits per heavy atom. The Labute approximate surface area is 157 Å². The molecule has 1 atom stereocenters. The van der Waals surface area contributed by atoms with E-state index in [1.165, 1.54) is 24.5 Å². The molecular weight excluding hydrogens is 414 g/mol. The van der Waals surface area contributed by atoms with E-state index in [2.05, 4.69) is 21.2 Å². The van der Waals surface area contributed by atoms with Crippen LogP contribution in [0.3, 0.4) is 0 Å². The van der Waals surface area contributed by atoms with Crippen LogP contribution in [0.2, 0.25) is 5.02 Å². The fraction of sp³-hybridized carbons (Fsp3) is 0.176. The van der Waals surface area contributed by atoms with Gasteiger partial charge in [0.2, 0.25) is 5.91 Å². The Hall–Kier alpha value is -1.63. The molecule has 0 radical (unpaired) electrons. The van der Waals surface area contributed by atoms with Gasteiger partial charge in [0.25, 0.3) is 0 Å². The van der Waals surface area contributed by atoms with Gasteiger partial charge in [0.15, 0.2) is 0 Å². The summed E-state index contributed by atoms with van der Waals surface area (Å²) in [6.45, 7) is 0. The fourth-order valence-corrected chi connectivity index (χ4v) is 3.64. The number of esters is 1. The smallest absolute Gasteiger partial charge is 0.307 e. The Kier molecular flexibility index (Phi) is 7.02. The van der Waals surface area contributed by atoms with Gasteiger partial charge in [-0.05, 0) is 45.8 Å². The molecule has 0 aliphatic heterocycles. The minimum absolute atomic E-state index is 0.00433. The lowest BCUT2D eigenvalue weighted by molar-refractivity contribution is -0.141. The Bertz CT molecular complexity index is 760. The number of rotatable bonds is 6. The zero-order valence-corrected chi connectivity index (χ0v) is 16.0. The average molecular weight is 429 g/mol. The molecule has 24 heavy (non-hydrogen) atoms. The predicted molar refractivity (Wildman–Crippen MR) is 100 cm³/mol. The van der Waals surface area contributed by atoms with Crippen molar-refractivity contribution < 1.29 is 14.3 Å². The van der Waals surface area contributed by atoms with Gasteiger partial charge in [-0.15, -0.1) is 11.3 Å². The van der Waals surface area contributed by atoms with Gasteiger partial charge in [0.1, 0.15) is 0 Å². The molecular formula is C17H15BrClNO3S. The molecule has 0 saturated heterocycles. The third-order valence-electron chi connectivity index (χ3n) is 3.19. The number of amides is 1. The lowest BCUT2D eigenvalue weighted by Crippen LogP contribution is -2.29. The highest BCUT2D eigenvalue weighted by Crippen LogP contribution is 2.26. The van der Waals surface area contributed by atoms with Gasteiger partial charge >= 0.3 is 5.97 Å². The monoisotopic (exact) mass is 427 g/mol. The zero-order valence-electron chi connectivity index (χ0n) is 12.8. The fourth-order valence-electron chi connectivity index (χ4n) is 2.04. The number of ether oxygens (including phenoxy) is 1. The molecule has 1 unspecified atom stereocenters. The highest BCUT2D eigenvalue weighted by molar-refractivity contribution is 9.11. The van der Waals surface area contributed by atoms with Crippen molar-refractivity contribution in [1.82, 2.24) is 5.32 Å². The number of carbonyl (C=O) groups is 2. The Morgan fingerprint density at radius 2 is 2.08 bits per heavy atom. The second-order valence-corrected chi connectivity index (χ2v) is 7.74. The van der Waals surface area contributed by atoms with Crippen molar-refractivity contribution in [3.05, 3.63) is 61.7 Å². The van der Waals surface area contributed by atoms with E-state index in [1.54, 1.807) is 30.3 Å². The van der Waals surface area contributed by atoms with Gasteiger partial charge in [-0.1, -0.05) is 29.8 Å². The van der Waals surface area contributed by atoms with Gasteiger partial charge < -0.3 is 10.1 Å². The topological polar surface area (TPSA) is 55.4 Å². The van der Waals surface area contributed by atoms with Crippen LogP contribution in [0, 0.1) is 0 Å². The van der Waals surface area contributed by atoms with Gasteiger partial charge in [-0.3, -0.25) is 9.59 Å². The van der Waals surface area contributed by atoms with Gasteiger partial charge in [-0.25, -0.2) is 0 Å². The van der Waals surface area contributed by atoms with Crippen molar-refractivity contribution in [3.8, 4) is 0 Å². The second kappa shape index (κ2) is 9.01.